The molecule has 1 aromatic heterocycles. The van der Waals surface area contributed by atoms with Gasteiger partial charge in [0.1, 0.15) is 0 Å². The third-order valence-electron chi connectivity index (χ3n) is 2.94. The fraction of sp³-hybridized carbons (Fsp3) is 0.0667. The highest BCUT2D eigenvalue weighted by atomic mass is 32.1. The number of nitrogen functional groups attached to an aromatic ring is 1. The molecule has 1 heterocycles. The lowest BCUT2D eigenvalue weighted by Gasteiger charge is -2.05. The Labute approximate surface area is 110 Å². The van der Waals surface area contributed by atoms with Gasteiger partial charge in [0, 0.05) is 27.7 Å². The van der Waals surface area contributed by atoms with E-state index in [2.05, 4.69) is 47.1 Å². The van der Waals surface area contributed by atoms with Crippen molar-refractivity contribution in [3.05, 3.63) is 59.5 Å². The van der Waals surface area contributed by atoms with Crippen LogP contribution in [0.1, 0.15) is 5.56 Å². The number of nitrogens with one attached hydrogen (secondary N) is 1. The van der Waals surface area contributed by atoms with Crippen LogP contribution in [0.15, 0.2) is 53.9 Å². The molecule has 18 heavy (non-hydrogen) atoms. The van der Waals surface area contributed by atoms with Gasteiger partial charge in [0.2, 0.25) is 0 Å². The van der Waals surface area contributed by atoms with Crippen LogP contribution in [0.25, 0.3) is 10.1 Å². The molecule has 2 nitrogen and oxygen atoms in total. The molecule has 0 saturated heterocycles. The molecule has 3 rings (SSSR count). The highest BCUT2D eigenvalue weighted by Crippen LogP contribution is 2.30. The van der Waals surface area contributed by atoms with E-state index >= 15 is 0 Å². The molecule has 0 radical (unpaired) electrons. The molecule has 3 heteroatoms. The van der Waals surface area contributed by atoms with Crippen LogP contribution in [-0.4, -0.2) is 0 Å². The van der Waals surface area contributed by atoms with Crippen molar-refractivity contribution in [1.29, 1.82) is 0 Å². The second-order valence-corrected chi connectivity index (χ2v) is 5.15. The maximum Gasteiger partial charge on any atom is 0.0531 e. The largest absolute Gasteiger partial charge is 0.399 e. The van der Waals surface area contributed by atoms with Gasteiger partial charge in [-0.3, -0.25) is 0 Å². The van der Waals surface area contributed by atoms with E-state index in [0.717, 1.165) is 12.2 Å². The van der Waals surface area contributed by atoms with E-state index < -0.39 is 0 Å². The molecule has 90 valence electrons. The fourth-order valence-electron chi connectivity index (χ4n) is 1.95. The van der Waals surface area contributed by atoms with Gasteiger partial charge in [0.05, 0.1) is 5.69 Å². The quantitative estimate of drug-likeness (QED) is 0.691. The summed E-state index contributed by atoms with van der Waals surface area (Å²) in [4.78, 5) is 0. The number of anilines is 2. The minimum atomic E-state index is 0.805. The Morgan fingerprint density at radius 2 is 1.78 bits per heavy atom. The van der Waals surface area contributed by atoms with Gasteiger partial charge in [-0.1, -0.05) is 30.3 Å². The summed E-state index contributed by atoms with van der Waals surface area (Å²) in [6.45, 7) is 0.820. The maximum absolute atomic E-state index is 5.67. The predicted octanol–water partition coefficient (Wildman–Crippen LogP) is 4.10. The lowest BCUT2D eigenvalue weighted by atomic mass is 10.2. The molecule has 0 fully saturated rings. The Bertz CT molecular complexity index is 656. The van der Waals surface area contributed by atoms with Gasteiger partial charge in [0.15, 0.2) is 0 Å². The molecule has 0 aliphatic rings. The molecular weight excluding hydrogens is 240 g/mol. The van der Waals surface area contributed by atoms with Crippen LogP contribution in [0, 0.1) is 0 Å². The Kier molecular flexibility index (Phi) is 2.90. The van der Waals surface area contributed by atoms with Gasteiger partial charge in [-0.25, -0.2) is 0 Å². The number of rotatable bonds is 3. The van der Waals surface area contributed by atoms with Crippen LogP contribution in [0.4, 0.5) is 11.4 Å². The second kappa shape index (κ2) is 4.70. The molecule has 3 aromatic rings. The van der Waals surface area contributed by atoms with Gasteiger partial charge in [0.25, 0.3) is 0 Å². The third kappa shape index (κ3) is 2.17. The lowest BCUT2D eigenvalue weighted by Crippen LogP contribution is -1.98. The first kappa shape index (κ1) is 11.1. The van der Waals surface area contributed by atoms with Gasteiger partial charge in [-0.05, 0) is 23.8 Å². The van der Waals surface area contributed by atoms with Crippen molar-refractivity contribution in [2.75, 3.05) is 11.1 Å². The van der Waals surface area contributed by atoms with E-state index in [0.29, 0.717) is 0 Å². The van der Waals surface area contributed by atoms with Gasteiger partial charge in [-0.2, -0.15) is 0 Å². The Morgan fingerprint density at radius 3 is 2.61 bits per heavy atom. The summed E-state index contributed by atoms with van der Waals surface area (Å²) >= 11 is 1.77. The summed E-state index contributed by atoms with van der Waals surface area (Å²) in [5.41, 5.74) is 8.92. The molecular formula is C15H14N2S. The summed E-state index contributed by atoms with van der Waals surface area (Å²) < 4.78 is 1.32. The number of thiophene rings is 1. The first-order valence-electron chi connectivity index (χ1n) is 5.87. The van der Waals surface area contributed by atoms with Gasteiger partial charge >= 0.3 is 0 Å². The van der Waals surface area contributed by atoms with E-state index in [1.165, 1.54) is 21.3 Å². The molecule has 2 aromatic carbocycles. The summed E-state index contributed by atoms with van der Waals surface area (Å²) in [5, 5.41) is 6.93. The summed E-state index contributed by atoms with van der Waals surface area (Å²) in [5.74, 6) is 0. The average molecular weight is 254 g/mol. The molecule has 0 aliphatic heterocycles. The third-order valence-corrected chi connectivity index (χ3v) is 3.91. The van der Waals surface area contributed by atoms with Crippen LogP contribution >= 0.6 is 11.3 Å². The van der Waals surface area contributed by atoms with E-state index in [-0.39, 0.29) is 0 Å². The zero-order valence-corrected chi connectivity index (χ0v) is 10.7. The van der Waals surface area contributed by atoms with Crippen molar-refractivity contribution in [3.8, 4) is 0 Å². The van der Waals surface area contributed by atoms with Crippen molar-refractivity contribution >= 4 is 32.8 Å². The van der Waals surface area contributed by atoms with E-state index in [1.807, 2.05) is 12.1 Å². The van der Waals surface area contributed by atoms with Crippen LogP contribution in [0.5, 0.6) is 0 Å². The topological polar surface area (TPSA) is 38.0 Å². The number of fused-ring (bicyclic) bond motifs is 1. The number of benzene rings is 2. The second-order valence-electron chi connectivity index (χ2n) is 4.24. The Balaban J connectivity index is 1.79. The van der Waals surface area contributed by atoms with E-state index in [4.69, 9.17) is 5.73 Å². The van der Waals surface area contributed by atoms with Crippen LogP contribution in [-0.2, 0) is 6.54 Å². The number of hydrogen-bond acceptors (Lipinski definition) is 3. The average Bonchev–Trinajstić information content (AvgIpc) is 2.82. The van der Waals surface area contributed by atoms with Crippen molar-refractivity contribution < 1.29 is 0 Å². The minimum Gasteiger partial charge on any atom is -0.399 e. The summed E-state index contributed by atoms with van der Waals surface area (Å²) in [6.07, 6.45) is 0. The SMILES string of the molecule is Nc1ccc(CNc2csc3ccccc23)cc1. The van der Waals surface area contributed by atoms with Crippen molar-refractivity contribution in [2.45, 2.75) is 6.54 Å². The standard InChI is InChI=1S/C15H14N2S/c16-12-7-5-11(6-8-12)9-17-14-10-18-15-4-2-1-3-13(14)15/h1-8,10,17H,9,16H2. The van der Waals surface area contributed by atoms with E-state index in [9.17, 15) is 0 Å². The van der Waals surface area contributed by atoms with Crippen molar-refractivity contribution in [1.82, 2.24) is 0 Å². The minimum absolute atomic E-state index is 0.805. The van der Waals surface area contributed by atoms with Crippen LogP contribution in [0.2, 0.25) is 0 Å². The van der Waals surface area contributed by atoms with Crippen LogP contribution < -0.4 is 11.1 Å². The number of nitrogens with two attached hydrogens (primary N) is 1. The van der Waals surface area contributed by atoms with Gasteiger partial charge < -0.3 is 11.1 Å². The Morgan fingerprint density at radius 1 is 1.00 bits per heavy atom. The van der Waals surface area contributed by atoms with Crippen LogP contribution in [0.3, 0.4) is 0 Å². The fourth-order valence-corrected chi connectivity index (χ4v) is 2.86. The van der Waals surface area contributed by atoms with Crippen molar-refractivity contribution in [2.24, 2.45) is 0 Å². The molecule has 0 saturated carbocycles. The van der Waals surface area contributed by atoms with Gasteiger partial charge in [-0.15, -0.1) is 11.3 Å². The maximum atomic E-state index is 5.67. The molecule has 0 spiro atoms. The molecule has 3 N–H and O–H groups in total. The first-order chi connectivity index (χ1) is 8.83. The lowest BCUT2D eigenvalue weighted by molar-refractivity contribution is 1.16. The molecule has 0 atom stereocenters. The monoisotopic (exact) mass is 254 g/mol. The first-order valence-corrected chi connectivity index (χ1v) is 6.75. The smallest absolute Gasteiger partial charge is 0.0531 e. The highest BCUT2D eigenvalue weighted by Gasteiger charge is 2.02. The zero-order chi connectivity index (χ0) is 12.4. The summed E-state index contributed by atoms with van der Waals surface area (Å²) in [7, 11) is 0. The predicted molar refractivity (Wildman–Crippen MR) is 80.0 cm³/mol. The molecule has 0 bridgehead atoms. The van der Waals surface area contributed by atoms with Crippen molar-refractivity contribution in [3.63, 3.8) is 0 Å². The molecule has 0 unspecified atom stereocenters. The molecule has 0 amide bonds. The number of hydrogen-bond donors (Lipinski definition) is 2. The highest BCUT2D eigenvalue weighted by molar-refractivity contribution is 7.17. The normalized spacial score (nSPS) is 10.7. The Hall–Kier alpha value is -2.00. The molecule has 0 aliphatic carbocycles. The summed E-state index contributed by atoms with van der Waals surface area (Å²) in [6, 6.07) is 16.4. The zero-order valence-electron chi connectivity index (χ0n) is 9.89. The van der Waals surface area contributed by atoms with E-state index in [1.54, 1.807) is 11.3 Å².